The predicted molar refractivity (Wildman–Crippen MR) is 90.9 cm³/mol. The minimum absolute atomic E-state index is 0. The molecule has 1 atom stereocenters. The number of amides is 1. The van der Waals surface area contributed by atoms with Gasteiger partial charge in [0.25, 0.3) is 0 Å². The summed E-state index contributed by atoms with van der Waals surface area (Å²) >= 11 is 0. The van der Waals surface area contributed by atoms with Crippen LogP contribution in [0.2, 0.25) is 0 Å². The van der Waals surface area contributed by atoms with Gasteiger partial charge in [0.15, 0.2) is 0 Å². The van der Waals surface area contributed by atoms with Gasteiger partial charge in [-0.05, 0) is 63.5 Å². The highest BCUT2D eigenvalue weighted by molar-refractivity contribution is 5.85. The molecule has 1 heterocycles. The summed E-state index contributed by atoms with van der Waals surface area (Å²) in [4.78, 5) is 12.0. The Hall–Kier alpha value is -0.280. The van der Waals surface area contributed by atoms with Crippen molar-refractivity contribution in [3.8, 4) is 0 Å². The molecule has 4 heteroatoms. The van der Waals surface area contributed by atoms with E-state index in [2.05, 4.69) is 17.6 Å². The van der Waals surface area contributed by atoms with E-state index in [1.807, 2.05) is 0 Å². The number of hydrogen-bond donors (Lipinski definition) is 2. The lowest BCUT2D eigenvalue weighted by atomic mass is 9.83. The fourth-order valence-electron chi connectivity index (χ4n) is 3.68. The van der Waals surface area contributed by atoms with Crippen LogP contribution in [0, 0.1) is 11.8 Å². The highest BCUT2D eigenvalue weighted by atomic mass is 35.5. The van der Waals surface area contributed by atoms with E-state index < -0.39 is 0 Å². The van der Waals surface area contributed by atoms with Crippen molar-refractivity contribution in [3.05, 3.63) is 0 Å². The van der Waals surface area contributed by atoms with Gasteiger partial charge in [-0.25, -0.2) is 0 Å². The average Bonchev–Trinajstić information content (AvgIpc) is 2.98. The van der Waals surface area contributed by atoms with E-state index in [1.165, 1.54) is 51.4 Å². The number of hydrogen-bond acceptors (Lipinski definition) is 2. The second-order valence-electron chi connectivity index (χ2n) is 6.82. The molecular formula is C17H33ClN2O. The topological polar surface area (TPSA) is 41.1 Å². The number of rotatable bonds is 7. The first-order chi connectivity index (χ1) is 9.78. The zero-order chi connectivity index (χ0) is 14.2. The summed E-state index contributed by atoms with van der Waals surface area (Å²) in [6.45, 7) is 4.51. The van der Waals surface area contributed by atoms with Gasteiger partial charge in [-0.3, -0.25) is 4.79 Å². The predicted octanol–water partition coefficient (Wildman–Crippen LogP) is 3.66. The van der Waals surface area contributed by atoms with Gasteiger partial charge in [0.05, 0.1) is 0 Å². The molecule has 2 fully saturated rings. The van der Waals surface area contributed by atoms with Crippen LogP contribution in [-0.2, 0) is 4.79 Å². The number of halogens is 1. The van der Waals surface area contributed by atoms with Gasteiger partial charge in [0, 0.05) is 12.5 Å². The van der Waals surface area contributed by atoms with Crippen LogP contribution in [0.15, 0.2) is 0 Å². The smallest absolute Gasteiger partial charge is 0.220 e. The number of unbranched alkanes of at least 4 members (excludes halogenated alkanes) is 1. The fourth-order valence-corrected chi connectivity index (χ4v) is 3.68. The molecule has 1 saturated heterocycles. The first kappa shape index (κ1) is 18.8. The monoisotopic (exact) mass is 316 g/mol. The maximum atomic E-state index is 12.0. The molecule has 1 unspecified atom stereocenters. The Morgan fingerprint density at radius 2 is 1.86 bits per heavy atom. The molecule has 1 aliphatic carbocycles. The van der Waals surface area contributed by atoms with Crippen LogP contribution in [0.1, 0.15) is 71.1 Å². The molecule has 0 spiro atoms. The van der Waals surface area contributed by atoms with Gasteiger partial charge in [-0.1, -0.05) is 26.2 Å². The molecule has 0 radical (unpaired) electrons. The summed E-state index contributed by atoms with van der Waals surface area (Å²) in [6.07, 6.45) is 12.1. The maximum Gasteiger partial charge on any atom is 0.220 e. The van der Waals surface area contributed by atoms with Gasteiger partial charge in [0.1, 0.15) is 0 Å². The second-order valence-corrected chi connectivity index (χ2v) is 6.82. The molecule has 0 bridgehead atoms. The molecule has 0 aromatic heterocycles. The Morgan fingerprint density at radius 3 is 2.48 bits per heavy atom. The fraction of sp³-hybridized carbons (Fsp3) is 0.941. The largest absolute Gasteiger partial charge is 0.353 e. The summed E-state index contributed by atoms with van der Waals surface area (Å²) in [7, 11) is 0. The average molecular weight is 317 g/mol. The van der Waals surface area contributed by atoms with E-state index in [0.717, 1.165) is 37.8 Å². The van der Waals surface area contributed by atoms with Crippen molar-refractivity contribution in [2.75, 3.05) is 13.1 Å². The minimum atomic E-state index is 0. The van der Waals surface area contributed by atoms with Crippen molar-refractivity contribution >= 4 is 18.3 Å². The first-order valence-corrected chi connectivity index (χ1v) is 8.78. The van der Waals surface area contributed by atoms with Crippen molar-refractivity contribution in [1.82, 2.24) is 10.6 Å². The van der Waals surface area contributed by atoms with Crippen LogP contribution < -0.4 is 10.6 Å². The van der Waals surface area contributed by atoms with E-state index in [4.69, 9.17) is 0 Å². The molecule has 1 amide bonds. The van der Waals surface area contributed by atoms with Crippen LogP contribution >= 0.6 is 12.4 Å². The Bertz CT molecular complexity index is 285. The third kappa shape index (κ3) is 7.01. The summed E-state index contributed by atoms with van der Waals surface area (Å²) in [6, 6.07) is 0.460. The number of carbonyl (C=O) groups excluding carboxylic acids is 1. The Balaban J connectivity index is 0.00000220. The summed E-state index contributed by atoms with van der Waals surface area (Å²) in [5, 5.41) is 6.63. The Labute approximate surface area is 136 Å². The second kappa shape index (κ2) is 10.4. The van der Waals surface area contributed by atoms with E-state index in [1.54, 1.807) is 0 Å². The highest BCUT2D eigenvalue weighted by Gasteiger charge is 2.22. The summed E-state index contributed by atoms with van der Waals surface area (Å²) in [5.74, 6) is 1.94. The molecule has 2 aliphatic rings. The van der Waals surface area contributed by atoms with Gasteiger partial charge in [0.2, 0.25) is 5.91 Å². The van der Waals surface area contributed by atoms with Gasteiger partial charge >= 0.3 is 0 Å². The first-order valence-electron chi connectivity index (χ1n) is 8.78. The molecule has 0 aromatic carbocycles. The molecule has 2 N–H and O–H groups in total. The third-order valence-electron chi connectivity index (χ3n) is 5.12. The van der Waals surface area contributed by atoms with Crippen LogP contribution in [0.25, 0.3) is 0 Å². The molecule has 0 aromatic rings. The Kier molecular flexibility index (Phi) is 9.34. The van der Waals surface area contributed by atoms with Gasteiger partial charge < -0.3 is 10.6 Å². The quantitative estimate of drug-likeness (QED) is 0.752. The van der Waals surface area contributed by atoms with Crippen molar-refractivity contribution < 1.29 is 4.79 Å². The maximum absolute atomic E-state index is 12.0. The van der Waals surface area contributed by atoms with Crippen LogP contribution in [0.4, 0.5) is 0 Å². The minimum Gasteiger partial charge on any atom is -0.353 e. The third-order valence-corrected chi connectivity index (χ3v) is 5.12. The number of carbonyl (C=O) groups is 1. The molecular weight excluding hydrogens is 284 g/mol. The zero-order valence-electron chi connectivity index (χ0n) is 13.5. The van der Waals surface area contributed by atoms with E-state index in [-0.39, 0.29) is 18.3 Å². The lowest BCUT2D eigenvalue weighted by Crippen LogP contribution is -2.37. The summed E-state index contributed by atoms with van der Waals surface area (Å²) < 4.78 is 0. The van der Waals surface area contributed by atoms with Crippen LogP contribution in [-0.4, -0.2) is 25.0 Å². The lowest BCUT2D eigenvalue weighted by Gasteiger charge is -2.29. The van der Waals surface area contributed by atoms with Gasteiger partial charge in [-0.2, -0.15) is 0 Å². The van der Waals surface area contributed by atoms with Crippen molar-refractivity contribution in [2.24, 2.45) is 11.8 Å². The van der Waals surface area contributed by atoms with Crippen molar-refractivity contribution in [2.45, 2.75) is 77.2 Å². The van der Waals surface area contributed by atoms with Crippen LogP contribution in [0.5, 0.6) is 0 Å². The van der Waals surface area contributed by atoms with Crippen LogP contribution in [0.3, 0.4) is 0 Å². The van der Waals surface area contributed by atoms with E-state index in [0.29, 0.717) is 6.04 Å². The molecule has 3 nitrogen and oxygen atoms in total. The molecule has 124 valence electrons. The standard InChI is InChI=1S/C17H32N2O.ClH/c1-2-3-4-14-5-8-16(9-6-14)19-17(20)10-7-15-11-12-18-13-15;/h14-16,18H,2-13H2,1H3,(H,19,20);1H. The van der Waals surface area contributed by atoms with E-state index in [9.17, 15) is 4.79 Å². The van der Waals surface area contributed by atoms with Gasteiger partial charge in [-0.15, -0.1) is 12.4 Å². The highest BCUT2D eigenvalue weighted by Crippen LogP contribution is 2.28. The molecule has 1 aliphatic heterocycles. The number of nitrogens with one attached hydrogen (secondary N) is 2. The zero-order valence-corrected chi connectivity index (χ0v) is 14.4. The van der Waals surface area contributed by atoms with E-state index >= 15 is 0 Å². The molecule has 2 rings (SSSR count). The lowest BCUT2D eigenvalue weighted by molar-refractivity contribution is -0.122. The summed E-state index contributed by atoms with van der Waals surface area (Å²) in [5.41, 5.74) is 0. The normalized spacial score (nSPS) is 28.9. The van der Waals surface area contributed by atoms with Crippen molar-refractivity contribution in [3.63, 3.8) is 0 Å². The molecule has 1 saturated carbocycles. The SMILES string of the molecule is CCCCC1CCC(NC(=O)CCC2CCNC2)CC1.Cl. The van der Waals surface area contributed by atoms with Crippen molar-refractivity contribution in [1.29, 1.82) is 0 Å². The molecule has 21 heavy (non-hydrogen) atoms. The Morgan fingerprint density at radius 1 is 1.10 bits per heavy atom.